The summed E-state index contributed by atoms with van der Waals surface area (Å²) in [6.07, 6.45) is 5.21. The van der Waals surface area contributed by atoms with Crippen LogP contribution >= 0.6 is 0 Å². The van der Waals surface area contributed by atoms with Gasteiger partial charge in [-0.3, -0.25) is 4.79 Å². The number of carbonyl (C=O) groups excluding carboxylic acids is 1. The van der Waals surface area contributed by atoms with Crippen molar-refractivity contribution in [3.8, 4) is 0 Å². The van der Waals surface area contributed by atoms with Crippen molar-refractivity contribution in [2.24, 2.45) is 0 Å². The van der Waals surface area contributed by atoms with Gasteiger partial charge in [0, 0.05) is 5.56 Å². The monoisotopic (exact) mass is 234 g/mol. The lowest BCUT2D eigenvalue weighted by Crippen LogP contribution is -1.93. The highest BCUT2D eigenvalue weighted by atomic mass is 16.1. The highest BCUT2D eigenvalue weighted by molar-refractivity contribution is 6.06. The highest BCUT2D eigenvalue weighted by Gasteiger charge is 2.00. The molecule has 0 aliphatic heterocycles. The van der Waals surface area contributed by atoms with E-state index in [0.29, 0.717) is 5.56 Å². The molecule has 0 saturated heterocycles. The van der Waals surface area contributed by atoms with Gasteiger partial charge < -0.3 is 0 Å². The normalized spacial score (nSPS) is 10.4. The summed E-state index contributed by atoms with van der Waals surface area (Å²) in [5, 5.41) is 0. The van der Waals surface area contributed by atoms with Crippen LogP contribution in [-0.2, 0) is 0 Å². The Bertz CT molecular complexity index is 580. The summed E-state index contributed by atoms with van der Waals surface area (Å²) < 4.78 is 0. The van der Waals surface area contributed by atoms with Crippen molar-refractivity contribution >= 4 is 17.9 Å². The summed E-state index contributed by atoms with van der Waals surface area (Å²) in [7, 11) is 0. The Labute approximate surface area is 107 Å². The molecule has 0 aliphatic rings. The lowest BCUT2D eigenvalue weighted by atomic mass is 10.1. The van der Waals surface area contributed by atoms with Gasteiger partial charge in [-0.1, -0.05) is 73.3 Å². The smallest absolute Gasteiger partial charge is 0.185 e. The number of ketones is 1. The molecule has 0 heterocycles. The standard InChI is InChI=1S/C17H14O/c1-2-14-8-6-7-9-15(14)12-13-17(18)16-10-4-3-5-11-16/h2-13H,1H2/b13-12+. The van der Waals surface area contributed by atoms with Crippen LogP contribution in [0.15, 0.2) is 67.3 Å². The summed E-state index contributed by atoms with van der Waals surface area (Å²) in [6, 6.07) is 17.1. The molecular weight excluding hydrogens is 220 g/mol. The second-order valence-electron chi connectivity index (χ2n) is 3.90. The third-order valence-electron chi connectivity index (χ3n) is 2.69. The molecule has 88 valence electrons. The van der Waals surface area contributed by atoms with Crippen LogP contribution in [0.5, 0.6) is 0 Å². The third-order valence-corrected chi connectivity index (χ3v) is 2.69. The molecule has 0 spiro atoms. The molecule has 0 N–H and O–H groups in total. The maximum atomic E-state index is 11.9. The van der Waals surface area contributed by atoms with E-state index in [-0.39, 0.29) is 5.78 Å². The van der Waals surface area contributed by atoms with Crippen LogP contribution in [0.1, 0.15) is 21.5 Å². The van der Waals surface area contributed by atoms with Crippen molar-refractivity contribution in [1.29, 1.82) is 0 Å². The molecular formula is C17H14O. The fourth-order valence-corrected chi connectivity index (χ4v) is 1.71. The van der Waals surface area contributed by atoms with Gasteiger partial charge in [-0.05, 0) is 17.2 Å². The summed E-state index contributed by atoms with van der Waals surface area (Å²) >= 11 is 0. The molecule has 0 amide bonds. The molecule has 0 bridgehead atoms. The number of rotatable bonds is 4. The quantitative estimate of drug-likeness (QED) is 0.571. The molecule has 2 rings (SSSR count). The van der Waals surface area contributed by atoms with E-state index in [9.17, 15) is 4.79 Å². The van der Waals surface area contributed by atoms with Crippen molar-refractivity contribution in [2.45, 2.75) is 0 Å². The maximum absolute atomic E-state index is 11.9. The van der Waals surface area contributed by atoms with Gasteiger partial charge in [-0.25, -0.2) is 0 Å². The first-order valence-electron chi connectivity index (χ1n) is 5.80. The lowest BCUT2D eigenvalue weighted by molar-refractivity contribution is 0.104. The van der Waals surface area contributed by atoms with Gasteiger partial charge in [0.15, 0.2) is 5.78 Å². The molecule has 2 aromatic carbocycles. The molecule has 0 aliphatic carbocycles. The predicted molar refractivity (Wildman–Crippen MR) is 76.3 cm³/mol. The van der Waals surface area contributed by atoms with Crippen LogP contribution in [0, 0.1) is 0 Å². The minimum Gasteiger partial charge on any atom is -0.289 e. The first-order chi connectivity index (χ1) is 8.81. The van der Waals surface area contributed by atoms with Crippen molar-refractivity contribution in [2.75, 3.05) is 0 Å². The summed E-state index contributed by atoms with van der Waals surface area (Å²) in [4.78, 5) is 11.9. The number of hydrogen-bond donors (Lipinski definition) is 0. The Balaban J connectivity index is 2.21. The molecule has 0 unspecified atom stereocenters. The summed E-state index contributed by atoms with van der Waals surface area (Å²) in [6.45, 7) is 3.76. The predicted octanol–water partition coefficient (Wildman–Crippen LogP) is 4.23. The average Bonchev–Trinajstić information content (AvgIpc) is 2.46. The van der Waals surface area contributed by atoms with E-state index < -0.39 is 0 Å². The van der Waals surface area contributed by atoms with Gasteiger partial charge in [0.2, 0.25) is 0 Å². The minimum absolute atomic E-state index is 0.00876. The van der Waals surface area contributed by atoms with Crippen LogP contribution in [0.3, 0.4) is 0 Å². The van der Waals surface area contributed by atoms with E-state index in [0.717, 1.165) is 11.1 Å². The average molecular weight is 234 g/mol. The van der Waals surface area contributed by atoms with Gasteiger partial charge in [0.1, 0.15) is 0 Å². The zero-order valence-electron chi connectivity index (χ0n) is 10.0. The van der Waals surface area contributed by atoms with E-state index in [1.807, 2.05) is 60.7 Å². The fraction of sp³-hybridized carbons (Fsp3) is 0. The first-order valence-corrected chi connectivity index (χ1v) is 5.80. The molecule has 0 saturated carbocycles. The molecule has 0 fully saturated rings. The topological polar surface area (TPSA) is 17.1 Å². The van der Waals surface area contributed by atoms with Gasteiger partial charge in [-0.2, -0.15) is 0 Å². The molecule has 0 radical (unpaired) electrons. The summed E-state index contributed by atoms with van der Waals surface area (Å²) in [5.74, 6) is 0.00876. The molecule has 18 heavy (non-hydrogen) atoms. The Morgan fingerprint density at radius 3 is 2.17 bits per heavy atom. The van der Waals surface area contributed by atoms with E-state index in [4.69, 9.17) is 0 Å². The third kappa shape index (κ3) is 2.83. The SMILES string of the molecule is C=Cc1ccccc1/C=C/C(=O)c1ccccc1. The van der Waals surface area contributed by atoms with Crippen LogP contribution in [0.25, 0.3) is 12.2 Å². The number of allylic oxidation sites excluding steroid dienone is 1. The summed E-state index contributed by atoms with van der Waals surface area (Å²) in [5.41, 5.74) is 2.72. The van der Waals surface area contributed by atoms with Crippen LogP contribution in [0.2, 0.25) is 0 Å². The molecule has 1 heteroatoms. The van der Waals surface area contributed by atoms with Crippen LogP contribution < -0.4 is 0 Å². The second-order valence-corrected chi connectivity index (χ2v) is 3.90. The van der Waals surface area contributed by atoms with Gasteiger partial charge in [0.05, 0.1) is 0 Å². The molecule has 2 aromatic rings. The molecule has 1 nitrogen and oxygen atoms in total. The Morgan fingerprint density at radius 1 is 0.889 bits per heavy atom. The van der Waals surface area contributed by atoms with Gasteiger partial charge in [-0.15, -0.1) is 0 Å². The number of hydrogen-bond acceptors (Lipinski definition) is 1. The van der Waals surface area contributed by atoms with Gasteiger partial charge >= 0.3 is 0 Å². The van der Waals surface area contributed by atoms with Crippen LogP contribution in [0.4, 0.5) is 0 Å². The van der Waals surface area contributed by atoms with E-state index in [1.54, 1.807) is 12.2 Å². The van der Waals surface area contributed by atoms with E-state index in [1.165, 1.54) is 0 Å². The van der Waals surface area contributed by atoms with Crippen molar-refractivity contribution in [3.05, 3.63) is 83.9 Å². The van der Waals surface area contributed by atoms with Crippen molar-refractivity contribution in [1.82, 2.24) is 0 Å². The lowest BCUT2D eigenvalue weighted by Gasteiger charge is -1.99. The van der Waals surface area contributed by atoms with Crippen molar-refractivity contribution in [3.63, 3.8) is 0 Å². The first kappa shape index (κ1) is 12.1. The van der Waals surface area contributed by atoms with Gasteiger partial charge in [0.25, 0.3) is 0 Å². The highest BCUT2D eigenvalue weighted by Crippen LogP contribution is 2.12. The maximum Gasteiger partial charge on any atom is 0.185 e. The Hall–Kier alpha value is -2.41. The Kier molecular flexibility index (Phi) is 3.87. The number of benzene rings is 2. The fourth-order valence-electron chi connectivity index (χ4n) is 1.71. The van der Waals surface area contributed by atoms with Crippen molar-refractivity contribution < 1.29 is 4.79 Å². The van der Waals surface area contributed by atoms with Crippen LogP contribution in [-0.4, -0.2) is 5.78 Å². The second kappa shape index (κ2) is 5.78. The largest absolute Gasteiger partial charge is 0.289 e. The van der Waals surface area contributed by atoms with E-state index >= 15 is 0 Å². The molecule has 0 atom stereocenters. The minimum atomic E-state index is 0.00876. The number of carbonyl (C=O) groups is 1. The zero-order valence-corrected chi connectivity index (χ0v) is 10.0. The Morgan fingerprint density at radius 2 is 1.50 bits per heavy atom. The van der Waals surface area contributed by atoms with E-state index in [2.05, 4.69) is 6.58 Å². The zero-order chi connectivity index (χ0) is 12.8. The molecule has 0 aromatic heterocycles.